The largest absolute Gasteiger partial charge is 0.492 e. The molecule has 9 nitrogen and oxygen atoms in total. The molecule has 0 radical (unpaired) electrons. The summed E-state index contributed by atoms with van der Waals surface area (Å²) < 4.78 is 55.2. The zero-order valence-electron chi connectivity index (χ0n) is 18.7. The van der Waals surface area contributed by atoms with Crippen molar-refractivity contribution >= 4 is 37.6 Å². The zero-order valence-corrected chi connectivity index (χ0v) is 21.9. The summed E-state index contributed by atoms with van der Waals surface area (Å²) in [5.74, 6) is -1.57. The molecular weight excluding hydrogens is 569 g/mol. The van der Waals surface area contributed by atoms with Gasteiger partial charge in [-0.1, -0.05) is 27.5 Å². The lowest BCUT2D eigenvalue weighted by atomic mass is 9.90. The predicted octanol–water partition coefficient (Wildman–Crippen LogP) is 3.87. The molecular formula is C22H22BrClFN3O6S. The van der Waals surface area contributed by atoms with E-state index >= 15 is 0 Å². The number of nitrogens with one attached hydrogen (secondary N) is 2. The molecule has 0 bridgehead atoms. The Morgan fingerprint density at radius 1 is 1.37 bits per heavy atom. The average molecular weight is 591 g/mol. The third-order valence-corrected chi connectivity index (χ3v) is 8.61. The fraction of sp³-hybridized carbons (Fsp3) is 0.364. The van der Waals surface area contributed by atoms with E-state index in [1.807, 2.05) is 0 Å². The number of aromatic amines is 1. The summed E-state index contributed by atoms with van der Waals surface area (Å²) in [5.41, 5.74) is -0.175. The Labute approximate surface area is 213 Å². The number of benzene rings is 2. The van der Waals surface area contributed by atoms with Crippen LogP contribution in [0, 0.1) is 12.7 Å². The number of nitrogens with zero attached hydrogens (tertiary/aromatic N) is 1. The molecule has 2 aromatic carbocycles. The van der Waals surface area contributed by atoms with Gasteiger partial charge in [0.2, 0.25) is 15.9 Å². The maximum atomic E-state index is 14.5. The Morgan fingerprint density at radius 3 is 2.80 bits per heavy atom. The highest BCUT2D eigenvalue weighted by Gasteiger charge is 2.38. The second-order valence-corrected chi connectivity index (χ2v) is 11.4. The average Bonchev–Trinajstić information content (AvgIpc) is 3.21. The molecule has 0 fully saturated rings. The number of hydrogen-bond donors (Lipinski definition) is 3. The van der Waals surface area contributed by atoms with Gasteiger partial charge in [0.1, 0.15) is 22.5 Å². The number of halogens is 3. The highest BCUT2D eigenvalue weighted by molar-refractivity contribution is 9.10. The third-order valence-electron chi connectivity index (χ3n) is 5.94. The Kier molecular flexibility index (Phi) is 7.13. The van der Waals surface area contributed by atoms with Gasteiger partial charge in [0.15, 0.2) is 0 Å². The van der Waals surface area contributed by atoms with Crippen LogP contribution < -0.4 is 15.2 Å². The van der Waals surface area contributed by atoms with Gasteiger partial charge in [-0.15, -0.1) is 5.10 Å². The van der Waals surface area contributed by atoms with E-state index in [-0.39, 0.29) is 53.0 Å². The quantitative estimate of drug-likeness (QED) is 0.380. The van der Waals surface area contributed by atoms with E-state index in [9.17, 15) is 22.7 Å². The molecule has 3 N–H and O–H groups in total. The molecule has 188 valence electrons. The molecule has 2 unspecified atom stereocenters. The first-order chi connectivity index (χ1) is 16.4. The molecule has 0 saturated heterocycles. The number of H-pyrrole nitrogens is 1. The molecule has 2 atom stereocenters. The molecule has 0 saturated carbocycles. The summed E-state index contributed by atoms with van der Waals surface area (Å²) in [6, 6.07) is 4.40. The number of rotatable bonds is 7. The summed E-state index contributed by atoms with van der Waals surface area (Å²) in [4.78, 5) is 11.3. The molecule has 35 heavy (non-hydrogen) atoms. The van der Waals surface area contributed by atoms with E-state index in [2.05, 4.69) is 30.8 Å². The van der Waals surface area contributed by atoms with Crippen molar-refractivity contribution in [2.24, 2.45) is 0 Å². The normalized spacial score (nSPS) is 18.7. The summed E-state index contributed by atoms with van der Waals surface area (Å²) in [6.45, 7) is 3.35. The lowest BCUT2D eigenvalue weighted by molar-refractivity contribution is 0.0135. The van der Waals surface area contributed by atoms with Gasteiger partial charge in [-0.2, -0.15) is 4.72 Å². The number of aliphatic hydroxyl groups is 1. The van der Waals surface area contributed by atoms with Crippen LogP contribution in [0.3, 0.4) is 0 Å². The Hall–Kier alpha value is -2.25. The van der Waals surface area contributed by atoms with Crippen molar-refractivity contribution in [2.45, 2.75) is 49.6 Å². The predicted molar refractivity (Wildman–Crippen MR) is 128 cm³/mol. The van der Waals surface area contributed by atoms with Crippen LogP contribution in [0.1, 0.15) is 48.4 Å². The molecule has 1 aliphatic heterocycles. The molecule has 4 rings (SSSR count). The first-order valence-electron chi connectivity index (χ1n) is 10.6. The van der Waals surface area contributed by atoms with Crippen LogP contribution in [-0.4, -0.2) is 30.3 Å². The van der Waals surface area contributed by atoms with Crippen molar-refractivity contribution < 1.29 is 27.1 Å². The summed E-state index contributed by atoms with van der Waals surface area (Å²) in [5, 5.41) is 16.8. The van der Waals surface area contributed by atoms with Crippen molar-refractivity contribution in [1.29, 1.82) is 0 Å². The lowest BCUT2D eigenvalue weighted by Crippen LogP contribution is -2.33. The van der Waals surface area contributed by atoms with Crippen molar-refractivity contribution in [2.75, 3.05) is 6.61 Å². The summed E-state index contributed by atoms with van der Waals surface area (Å²) in [7, 11) is -4.30. The molecule has 1 aromatic heterocycles. The van der Waals surface area contributed by atoms with E-state index in [0.29, 0.717) is 15.6 Å². The third kappa shape index (κ3) is 5.17. The molecule has 2 heterocycles. The fourth-order valence-electron chi connectivity index (χ4n) is 4.04. The Balaban J connectivity index is 1.70. The van der Waals surface area contributed by atoms with Crippen molar-refractivity contribution in [3.63, 3.8) is 0 Å². The van der Waals surface area contributed by atoms with Gasteiger partial charge in [0.25, 0.3) is 0 Å². The fourth-order valence-corrected chi connectivity index (χ4v) is 6.13. The topological polar surface area (TPSA) is 135 Å². The lowest BCUT2D eigenvalue weighted by Gasteiger charge is -2.33. The van der Waals surface area contributed by atoms with Crippen molar-refractivity contribution in [3.8, 4) is 5.75 Å². The van der Waals surface area contributed by atoms with Gasteiger partial charge < -0.3 is 14.3 Å². The van der Waals surface area contributed by atoms with Gasteiger partial charge >= 0.3 is 5.76 Å². The van der Waals surface area contributed by atoms with Gasteiger partial charge in [-0.25, -0.2) is 22.7 Å². The van der Waals surface area contributed by atoms with Crippen LogP contribution in [0.4, 0.5) is 4.39 Å². The van der Waals surface area contributed by atoms with E-state index in [4.69, 9.17) is 20.8 Å². The van der Waals surface area contributed by atoms with E-state index in [1.54, 1.807) is 13.0 Å². The van der Waals surface area contributed by atoms with Gasteiger partial charge in [-0.3, -0.25) is 0 Å². The molecule has 0 aliphatic carbocycles. The standard InChI is InChI=1S/C22H22BrClFN3O6S/c1-11-12(15(25)6-4-13(11)23)3-7-16(20-26-27-21(29)34-20)28-35(31,32)17-8-5-14(24)18-19(17)33-10-9-22(18,2)30/h4-6,8,16,28,30H,3,7,9-10H2,1-2H3,(H,27,29). The highest BCUT2D eigenvalue weighted by Crippen LogP contribution is 2.45. The van der Waals surface area contributed by atoms with E-state index in [0.717, 1.165) is 0 Å². The number of sulfonamides is 1. The van der Waals surface area contributed by atoms with E-state index in [1.165, 1.54) is 25.1 Å². The van der Waals surface area contributed by atoms with Crippen molar-refractivity contribution in [1.82, 2.24) is 14.9 Å². The molecule has 3 aromatic rings. The molecule has 0 amide bonds. The minimum absolute atomic E-state index is 0.0234. The molecule has 13 heteroatoms. The second kappa shape index (κ2) is 9.66. The minimum Gasteiger partial charge on any atom is -0.492 e. The van der Waals surface area contributed by atoms with E-state index < -0.39 is 33.2 Å². The second-order valence-electron chi connectivity index (χ2n) is 8.42. The molecule has 0 spiro atoms. The number of fused-ring (bicyclic) bond motifs is 1. The minimum atomic E-state index is -4.30. The maximum absolute atomic E-state index is 14.5. The maximum Gasteiger partial charge on any atom is 0.434 e. The van der Waals surface area contributed by atoms with Crippen LogP contribution >= 0.6 is 27.5 Å². The smallest absolute Gasteiger partial charge is 0.434 e. The Morgan fingerprint density at radius 2 is 2.11 bits per heavy atom. The highest BCUT2D eigenvalue weighted by atomic mass is 79.9. The van der Waals surface area contributed by atoms with Crippen LogP contribution in [-0.2, 0) is 22.0 Å². The van der Waals surface area contributed by atoms with Gasteiger partial charge in [0, 0.05) is 16.5 Å². The Bertz CT molecular complexity index is 1440. The monoisotopic (exact) mass is 589 g/mol. The van der Waals surface area contributed by atoms with Gasteiger partial charge in [0.05, 0.1) is 17.2 Å². The number of aromatic nitrogens is 2. The van der Waals surface area contributed by atoms with Crippen molar-refractivity contribution in [3.05, 3.63) is 72.7 Å². The van der Waals surface area contributed by atoms with Crippen LogP contribution in [0.25, 0.3) is 0 Å². The SMILES string of the molecule is Cc1c(Br)ccc(F)c1CCC(NS(=O)(=O)c1ccc(Cl)c2c1OCCC2(C)O)c1n[nH]c(=O)o1. The van der Waals surface area contributed by atoms with Crippen LogP contribution in [0.5, 0.6) is 5.75 Å². The first-order valence-corrected chi connectivity index (χ1v) is 13.3. The van der Waals surface area contributed by atoms with Crippen LogP contribution in [0.15, 0.2) is 42.8 Å². The van der Waals surface area contributed by atoms with Gasteiger partial charge in [-0.05, 0) is 62.1 Å². The summed E-state index contributed by atoms with van der Waals surface area (Å²) in [6.07, 6.45) is 0.371. The zero-order chi connectivity index (χ0) is 25.5. The number of ether oxygens (including phenoxy) is 1. The molecule has 1 aliphatic rings. The first kappa shape index (κ1) is 25.8. The van der Waals surface area contributed by atoms with Crippen LogP contribution in [0.2, 0.25) is 5.02 Å². The number of hydrogen-bond acceptors (Lipinski definition) is 7. The summed E-state index contributed by atoms with van der Waals surface area (Å²) >= 11 is 9.62.